The third-order valence-corrected chi connectivity index (χ3v) is 3.14. The summed E-state index contributed by atoms with van der Waals surface area (Å²) in [6.07, 6.45) is 1.70. The SMILES string of the molecule is Cc1ccc(Cn2cnc(NC(=S)NCC(C)C)n2)cc1. The van der Waals surface area contributed by atoms with E-state index in [1.54, 1.807) is 11.0 Å². The molecule has 0 spiro atoms. The van der Waals surface area contributed by atoms with E-state index < -0.39 is 0 Å². The summed E-state index contributed by atoms with van der Waals surface area (Å²) < 4.78 is 1.79. The van der Waals surface area contributed by atoms with E-state index in [9.17, 15) is 0 Å². The van der Waals surface area contributed by atoms with Crippen molar-refractivity contribution in [3.05, 3.63) is 41.7 Å². The number of hydrogen-bond donors (Lipinski definition) is 2. The highest BCUT2D eigenvalue weighted by molar-refractivity contribution is 7.80. The maximum absolute atomic E-state index is 5.20. The fourth-order valence-electron chi connectivity index (χ4n) is 1.75. The largest absolute Gasteiger partial charge is 0.362 e. The van der Waals surface area contributed by atoms with Crippen LogP contribution in [0.15, 0.2) is 30.6 Å². The van der Waals surface area contributed by atoms with Crippen molar-refractivity contribution in [3.8, 4) is 0 Å². The molecule has 0 aliphatic rings. The Balaban J connectivity index is 1.89. The Kier molecular flexibility index (Phi) is 5.27. The fraction of sp³-hybridized carbons (Fsp3) is 0.400. The predicted octanol–water partition coefficient (Wildman–Crippen LogP) is 2.58. The number of benzene rings is 1. The zero-order valence-electron chi connectivity index (χ0n) is 12.6. The highest BCUT2D eigenvalue weighted by Gasteiger charge is 2.04. The molecule has 1 aromatic heterocycles. The molecule has 0 atom stereocenters. The van der Waals surface area contributed by atoms with Crippen molar-refractivity contribution in [1.82, 2.24) is 20.1 Å². The van der Waals surface area contributed by atoms with Gasteiger partial charge in [0.05, 0.1) is 6.54 Å². The van der Waals surface area contributed by atoms with Gasteiger partial charge in [-0.3, -0.25) is 5.32 Å². The molecule has 0 radical (unpaired) electrons. The Morgan fingerprint density at radius 3 is 2.67 bits per heavy atom. The molecule has 0 saturated heterocycles. The first-order valence-electron chi connectivity index (χ1n) is 7.03. The molecule has 0 saturated carbocycles. The van der Waals surface area contributed by atoms with E-state index in [-0.39, 0.29) is 0 Å². The smallest absolute Gasteiger partial charge is 0.248 e. The van der Waals surface area contributed by atoms with Crippen LogP contribution in [-0.2, 0) is 6.54 Å². The Hall–Kier alpha value is -1.95. The van der Waals surface area contributed by atoms with Crippen LogP contribution >= 0.6 is 12.2 Å². The summed E-state index contributed by atoms with van der Waals surface area (Å²) in [4.78, 5) is 4.21. The number of thiocarbonyl (C=S) groups is 1. The molecule has 5 nitrogen and oxygen atoms in total. The van der Waals surface area contributed by atoms with E-state index in [1.807, 2.05) is 0 Å². The minimum atomic E-state index is 0.517. The van der Waals surface area contributed by atoms with Gasteiger partial charge in [0.2, 0.25) is 5.95 Å². The molecular weight excluding hydrogens is 282 g/mol. The molecule has 2 aromatic rings. The molecule has 6 heteroatoms. The fourth-order valence-corrected chi connectivity index (χ4v) is 1.93. The van der Waals surface area contributed by atoms with Crippen molar-refractivity contribution in [2.45, 2.75) is 27.3 Å². The van der Waals surface area contributed by atoms with E-state index in [4.69, 9.17) is 12.2 Å². The lowest BCUT2D eigenvalue weighted by Crippen LogP contribution is -2.31. The van der Waals surface area contributed by atoms with Crippen LogP contribution in [0.2, 0.25) is 0 Å². The van der Waals surface area contributed by atoms with Crippen LogP contribution in [0.3, 0.4) is 0 Å². The average molecular weight is 303 g/mol. The maximum atomic E-state index is 5.20. The van der Waals surface area contributed by atoms with E-state index in [1.165, 1.54) is 11.1 Å². The van der Waals surface area contributed by atoms with Crippen LogP contribution in [-0.4, -0.2) is 26.4 Å². The van der Waals surface area contributed by atoms with Crippen molar-refractivity contribution < 1.29 is 0 Å². The van der Waals surface area contributed by atoms with Gasteiger partial charge in [0.15, 0.2) is 5.11 Å². The lowest BCUT2D eigenvalue weighted by atomic mass is 10.1. The molecule has 0 aliphatic carbocycles. The van der Waals surface area contributed by atoms with Gasteiger partial charge in [-0.05, 0) is 30.6 Å². The average Bonchev–Trinajstić information content (AvgIpc) is 2.86. The van der Waals surface area contributed by atoms with Crippen molar-refractivity contribution in [2.24, 2.45) is 5.92 Å². The summed E-state index contributed by atoms with van der Waals surface area (Å²) in [6.45, 7) is 7.86. The highest BCUT2D eigenvalue weighted by atomic mass is 32.1. The lowest BCUT2D eigenvalue weighted by Gasteiger charge is -2.09. The Bertz CT molecular complexity index is 588. The van der Waals surface area contributed by atoms with Gasteiger partial charge in [-0.1, -0.05) is 43.7 Å². The first-order valence-corrected chi connectivity index (χ1v) is 7.43. The van der Waals surface area contributed by atoms with Crippen molar-refractivity contribution in [2.75, 3.05) is 11.9 Å². The molecular formula is C15H21N5S. The van der Waals surface area contributed by atoms with Gasteiger partial charge in [0.25, 0.3) is 0 Å². The maximum Gasteiger partial charge on any atom is 0.248 e. The quantitative estimate of drug-likeness (QED) is 0.832. The minimum absolute atomic E-state index is 0.517. The number of hydrogen-bond acceptors (Lipinski definition) is 3. The molecule has 0 amide bonds. The summed E-state index contributed by atoms with van der Waals surface area (Å²) in [5.74, 6) is 1.06. The summed E-state index contributed by atoms with van der Waals surface area (Å²) in [5, 5.41) is 11.0. The van der Waals surface area contributed by atoms with E-state index in [0.29, 0.717) is 23.5 Å². The van der Waals surface area contributed by atoms with Gasteiger partial charge >= 0.3 is 0 Å². The molecule has 1 aromatic carbocycles. The minimum Gasteiger partial charge on any atom is -0.362 e. The number of rotatable bonds is 5. The normalized spacial score (nSPS) is 10.7. The second kappa shape index (κ2) is 7.17. The van der Waals surface area contributed by atoms with Crippen LogP contribution in [0.1, 0.15) is 25.0 Å². The molecule has 1 heterocycles. The molecule has 2 rings (SSSR count). The topological polar surface area (TPSA) is 54.8 Å². The van der Waals surface area contributed by atoms with Gasteiger partial charge in [-0.25, -0.2) is 9.67 Å². The highest BCUT2D eigenvalue weighted by Crippen LogP contribution is 2.06. The zero-order valence-corrected chi connectivity index (χ0v) is 13.4. The Morgan fingerprint density at radius 1 is 1.29 bits per heavy atom. The van der Waals surface area contributed by atoms with E-state index in [2.05, 4.69) is 65.8 Å². The van der Waals surface area contributed by atoms with E-state index in [0.717, 1.165) is 6.54 Å². The predicted molar refractivity (Wildman–Crippen MR) is 89.4 cm³/mol. The number of anilines is 1. The van der Waals surface area contributed by atoms with Crippen LogP contribution in [0.4, 0.5) is 5.95 Å². The Labute approximate surface area is 130 Å². The van der Waals surface area contributed by atoms with Crippen LogP contribution in [0, 0.1) is 12.8 Å². The summed E-state index contributed by atoms with van der Waals surface area (Å²) in [7, 11) is 0. The van der Waals surface area contributed by atoms with Gasteiger partial charge in [0.1, 0.15) is 6.33 Å². The van der Waals surface area contributed by atoms with Gasteiger partial charge in [0, 0.05) is 6.54 Å². The standard InChI is InChI=1S/C15H21N5S/c1-11(2)8-16-15(21)18-14-17-10-20(19-14)9-13-6-4-12(3)5-7-13/h4-7,10-11H,8-9H2,1-3H3,(H2,16,18,19,21). The summed E-state index contributed by atoms with van der Waals surface area (Å²) in [5.41, 5.74) is 2.44. The van der Waals surface area contributed by atoms with Crippen LogP contribution in [0.25, 0.3) is 0 Å². The number of nitrogens with zero attached hydrogens (tertiary/aromatic N) is 3. The number of nitrogens with one attached hydrogen (secondary N) is 2. The molecule has 2 N–H and O–H groups in total. The van der Waals surface area contributed by atoms with Crippen LogP contribution < -0.4 is 10.6 Å². The molecule has 112 valence electrons. The van der Waals surface area contributed by atoms with Crippen molar-refractivity contribution in [3.63, 3.8) is 0 Å². The first-order chi connectivity index (χ1) is 10.0. The lowest BCUT2D eigenvalue weighted by molar-refractivity contribution is 0.627. The first kappa shape index (κ1) is 15.4. The number of aromatic nitrogens is 3. The molecule has 0 bridgehead atoms. The van der Waals surface area contributed by atoms with Gasteiger partial charge in [-0.2, -0.15) is 0 Å². The Morgan fingerprint density at radius 2 is 2.00 bits per heavy atom. The molecule has 0 aliphatic heterocycles. The van der Waals surface area contributed by atoms with E-state index >= 15 is 0 Å². The van der Waals surface area contributed by atoms with Gasteiger partial charge < -0.3 is 5.32 Å². The third-order valence-electron chi connectivity index (χ3n) is 2.90. The second-order valence-corrected chi connectivity index (χ2v) is 5.89. The van der Waals surface area contributed by atoms with Crippen molar-refractivity contribution >= 4 is 23.3 Å². The van der Waals surface area contributed by atoms with Crippen LogP contribution in [0.5, 0.6) is 0 Å². The molecule has 0 fully saturated rings. The van der Waals surface area contributed by atoms with Gasteiger partial charge in [-0.15, -0.1) is 5.10 Å². The van der Waals surface area contributed by atoms with Crippen molar-refractivity contribution in [1.29, 1.82) is 0 Å². The molecule has 21 heavy (non-hydrogen) atoms. The third kappa shape index (κ3) is 5.15. The molecule has 0 unspecified atom stereocenters. The monoisotopic (exact) mass is 303 g/mol. The summed E-state index contributed by atoms with van der Waals surface area (Å²) in [6, 6.07) is 8.38. The summed E-state index contributed by atoms with van der Waals surface area (Å²) >= 11 is 5.20. The zero-order chi connectivity index (χ0) is 15.2. The second-order valence-electron chi connectivity index (χ2n) is 5.48. The number of aryl methyl sites for hydroxylation is 1.